The number of carbonyl (C=O) groups excluding carboxylic acids is 2. The van der Waals surface area contributed by atoms with Crippen LogP contribution >= 0.6 is 27.3 Å². The minimum Gasteiger partial charge on any atom is -0.507 e. The first-order chi connectivity index (χ1) is 13.9. The topological polar surface area (TPSA) is 70.8 Å². The van der Waals surface area contributed by atoms with Crippen molar-refractivity contribution in [2.24, 2.45) is 0 Å². The van der Waals surface area contributed by atoms with Crippen molar-refractivity contribution in [1.82, 2.24) is 4.90 Å². The first kappa shape index (κ1) is 19.7. The molecule has 1 aromatic carbocycles. The Kier molecular flexibility index (Phi) is 5.19. The van der Waals surface area contributed by atoms with Crippen molar-refractivity contribution in [3.63, 3.8) is 0 Å². The Hall–Kier alpha value is -2.64. The van der Waals surface area contributed by atoms with Gasteiger partial charge < -0.3 is 14.4 Å². The summed E-state index contributed by atoms with van der Waals surface area (Å²) in [7, 11) is 0. The van der Waals surface area contributed by atoms with E-state index in [1.54, 1.807) is 37.3 Å². The van der Waals surface area contributed by atoms with Crippen molar-refractivity contribution in [1.29, 1.82) is 0 Å². The summed E-state index contributed by atoms with van der Waals surface area (Å²) in [5.74, 6) is -0.437. The molecule has 0 bridgehead atoms. The van der Waals surface area contributed by atoms with Gasteiger partial charge in [-0.3, -0.25) is 9.59 Å². The van der Waals surface area contributed by atoms with Crippen LogP contribution in [0.4, 0.5) is 0 Å². The summed E-state index contributed by atoms with van der Waals surface area (Å²) in [6.45, 7) is 3.96. The van der Waals surface area contributed by atoms with Crippen LogP contribution in [-0.2, 0) is 16.1 Å². The fourth-order valence-electron chi connectivity index (χ4n) is 3.46. The van der Waals surface area contributed by atoms with Gasteiger partial charge in [-0.1, -0.05) is 28.1 Å². The van der Waals surface area contributed by atoms with E-state index in [1.165, 1.54) is 16.2 Å². The van der Waals surface area contributed by atoms with E-state index in [2.05, 4.69) is 15.9 Å². The maximum atomic E-state index is 12.9. The molecule has 29 heavy (non-hydrogen) atoms. The zero-order valence-electron chi connectivity index (χ0n) is 15.8. The van der Waals surface area contributed by atoms with Gasteiger partial charge in [0.2, 0.25) is 0 Å². The van der Waals surface area contributed by atoms with Gasteiger partial charge in [-0.15, -0.1) is 11.3 Å². The van der Waals surface area contributed by atoms with Crippen molar-refractivity contribution >= 4 is 44.7 Å². The van der Waals surface area contributed by atoms with Crippen molar-refractivity contribution in [3.05, 3.63) is 85.4 Å². The molecule has 3 heterocycles. The van der Waals surface area contributed by atoms with E-state index in [4.69, 9.17) is 4.42 Å². The van der Waals surface area contributed by atoms with Crippen LogP contribution in [0.5, 0.6) is 0 Å². The van der Waals surface area contributed by atoms with Crippen LogP contribution in [0, 0.1) is 13.8 Å². The molecule has 1 N–H and O–H groups in total. The first-order valence-corrected chi connectivity index (χ1v) is 10.7. The third kappa shape index (κ3) is 3.56. The smallest absolute Gasteiger partial charge is 0.296 e. The van der Waals surface area contributed by atoms with E-state index in [0.29, 0.717) is 17.1 Å². The number of furan rings is 1. The molecular formula is C22H18BrNO4S. The molecule has 1 amide bonds. The van der Waals surface area contributed by atoms with Gasteiger partial charge in [0.15, 0.2) is 0 Å². The SMILES string of the molecule is Cc1ccc(C2/C(=C(/O)c3ccc(Br)c(C)c3)C(=O)C(=O)N2Cc2cccs2)o1. The molecule has 0 saturated carbocycles. The van der Waals surface area contributed by atoms with Gasteiger partial charge in [0.05, 0.1) is 12.1 Å². The van der Waals surface area contributed by atoms with Crippen molar-refractivity contribution in [3.8, 4) is 0 Å². The zero-order chi connectivity index (χ0) is 20.7. The molecule has 1 saturated heterocycles. The number of likely N-dealkylation sites (tertiary alicyclic amines) is 1. The molecule has 148 valence electrons. The number of halogens is 1. The Bertz CT molecular complexity index is 1130. The molecule has 0 spiro atoms. The Labute approximate surface area is 180 Å². The molecule has 5 nitrogen and oxygen atoms in total. The number of nitrogens with zero attached hydrogens (tertiary/aromatic N) is 1. The fraction of sp³-hybridized carbons (Fsp3) is 0.182. The monoisotopic (exact) mass is 471 g/mol. The lowest BCUT2D eigenvalue weighted by Gasteiger charge is -2.22. The predicted molar refractivity (Wildman–Crippen MR) is 114 cm³/mol. The van der Waals surface area contributed by atoms with Gasteiger partial charge in [0.1, 0.15) is 23.3 Å². The fourth-order valence-corrected chi connectivity index (χ4v) is 4.41. The second-order valence-electron chi connectivity index (χ2n) is 6.92. The number of aliphatic hydroxyl groups excluding tert-OH is 1. The van der Waals surface area contributed by atoms with Gasteiger partial charge in [0, 0.05) is 14.9 Å². The predicted octanol–water partition coefficient (Wildman–Crippen LogP) is 5.34. The second-order valence-corrected chi connectivity index (χ2v) is 8.81. The lowest BCUT2D eigenvalue weighted by molar-refractivity contribution is -0.140. The highest BCUT2D eigenvalue weighted by Gasteiger charge is 2.47. The normalized spacial score (nSPS) is 18.6. The number of ketones is 1. The molecule has 7 heteroatoms. The molecule has 3 aromatic rings. The van der Waals surface area contributed by atoms with E-state index in [0.717, 1.165) is 14.9 Å². The molecule has 1 aliphatic rings. The molecule has 2 aromatic heterocycles. The van der Waals surface area contributed by atoms with Gasteiger partial charge in [-0.2, -0.15) is 0 Å². The number of hydrogen-bond acceptors (Lipinski definition) is 5. The van der Waals surface area contributed by atoms with E-state index >= 15 is 0 Å². The lowest BCUT2D eigenvalue weighted by atomic mass is 9.98. The number of hydrogen-bond donors (Lipinski definition) is 1. The van der Waals surface area contributed by atoms with Gasteiger partial charge >= 0.3 is 0 Å². The maximum Gasteiger partial charge on any atom is 0.296 e. The number of Topliss-reactive ketones (excluding diaryl/α,β-unsaturated/α-hetero) is 1. The van der Waals surface area contributed by atoms with Crippen LogP contribution in [-0.4, -0.2) is 21.7 Å². The number of thiophene rings is 1. The van der Waals surface area contributed by atoms with E-state index < -0.39 is 17.7 Å². The van der Waals surface area contributed by atoms with Crippen LogP contribution in [0.1, 0.15) is 33.6 Å². The summed E-state index contributed by atoms with van der Waals surface area (Å²) < 4.78 is 6.67. The average molecular weight is 472 g/mol. The number of benzene rings is 1. The number of rotatable bonds is 4. The zero-order valence-corrected chi connectivity index (χ0v) is 18.2. The van der Waals surface area contributed by atoms with E-state index in [-0.39, 0.29) is 17.9 Å². The van der Waals surface area contributed by atoms with Gasteiger partial charge in [0.25, 0.3) is 11.7 Å². The lowest BCUT2D eigenvalue weighted by Crippen LogP contribution is -2.28. The standard InChI is InChI=1S/C22H18BrNO4S/c1-12-10-14(6-7-16(12)23)20(25)18-19(17-8-5-13(2)28-17)24(22(27)21(18)26)11-15-4-3-9-29-15/h3-10,19,25H,11H2,1-2H3/b20-18-. The number of aryl methyl sites for hydroxylation is 2. The Balaban J connectivity index is 1.87. The van der Waals surface area contributed by atoms with Crippen LogP contribution in [0.25, 0.3) is 5.76 Å². The third-order valence-corrected chi connectivity index (χ3v) is 6.66. The summed E-state index contributed by atoms with van der Waals surface area (Å²) in [5.41, 5.74) is 1.43. The first-order valence-electron chi connectivity index (χ1n) is 9.00. The molecule has 1 atom stereocenters. The molecule has 1 aliphatic heterocycles. The maximum absolute atomic E-state index is 12.9. The summed E-state index contributed by atoms with van der Waals surface area (Å²) in [6.07, 6.45) is 0. The summed E-state index contributed by atoms with van der Waals surface area (Å²) in [6, 6.07) is 11.8. The summed E-state index contributed by atoms with van der Waals surface area (Å²) in [5, 5.41) is 13.0. The Morgan fingerprint density at radius 1 is 1.21 bits per heavy atom. The second kappa shape index (κ2) is 7.65. The summed E-state index contributed by atoms with van der Waals surface area (Å²) >= 11 is 4.94. The molecule has 0 radical (unpaired) electrons. The third-order valence-electron chi connectivity index (χ3n) is 4.91. The van der Waals surface area contributed by atoms with Crippen molar-refractivity contribution in [2.75, 3.05) is 0 Å². The molecule has 4 rings (SSSR count). The molecule has 1 fully saturated rings. The molecule has 0 aliphatic carbocycles. The quantitative estimate of drug-likeness (QED) is 0.316. The van der Waals surface area contributed by atoms with Gasteiger partial charge in [-0.25, -0.2) is 0 Å². The Morgan fingerprint density at radius 2 is 2.00 bits per heavy atom. The van der Waals surface area contributed by atoms with E-state index in [9.17, 15) is 14.7 Å². The highest BCUT2D eigenvalue weighted by atomic mass is 79.9. The van der Waals surface area contributed by atoms with Gasteiger partial charge in [-0.05, 0) is 55.1 Å². The van der Waals surface area contributed by atoms with Crippen molar-refractivity contribution in [2.45, 2.75) is 26.4 Å². The van der Waals surface area contributed by atoms with Crippen molar-refractivity contribution < 1.29 is 19.1 Å². The average Bonchev–Trinajstić information content (AvgIpc) is 3.41. The van der Waals surface area contributed by atoms with Crippen LogP contribution < -0.4 is 0 Å². The number of aliphatic hydroxyl groups is 1. The minimum absolute atomic E-state index is 0.0441. The minimum atomic E-state index is -0.783. The molecular weight excluding hydrogens is 454 g/mol. The Morgan fingerprint density at radius 3 is 2.62 bits per heavy atom. The highest BCUT2D eigenvalue weighted by molar-refractivity contribution is 9.10. The van der Waals surface area contributed by atoms with E-state index in [1.807, 2.05) is 24.4 Å². The summed E-state index contributed by atoms with van der Waals surface area (Å²) in [4.78, 5) is 28.2. The number of carbonyl (C=O) groups is 2. The highest BCUT2D eigenvalue weighted by Crippen LogP contribution is 2.41. The molecule has 1 unspecified atom stereocenters. The van der Waals surface area contributed by atoms with Crippen LogP contribution in [0.2, 0.25) is 0 Å². The number of amides is 1. The van der Waals surface area contributed by atoms with Crippen LogP contribution in [0.3, 0.4) is 0 Å². The largest absolute Gasteiger partial charge is 0.507 e. The van der Waals surface area contributed by atoms with Crippen LogP contribution in [0.15, 0.2) is 62.3 Å².